The molecule has 2 heterocycles. The van der Waals surface area contributed by atoms with Gasteiger partial charge in [0.25, 0.3) is 0 Å². The van der Waals surface area contributed by atoms with Crippen LogP contribution in [0.2, 0.25) is 0 Å². The van der Waals surface area contributed by atoms with Gasteiger partial charge in [-0.3, -0.25) is 9.48 Å². The predicted molar refractivity (Wildman–Crippen MR) is 79.3 cm³/mol. The second-order valence-electron chi connectivity index (χ2n) is 4.86. The average Bonchev–Trinajstić information content (AvgIpc) is 2.75. The van der Waals surface area contributed by atoms with Gasteiger partial charge in [0, 0.05) is 35.9 Å². The van der Waals surface area contributed by atoms with Gasteiger partial charge in [0.15, 0.2) is 0 Å². The number of aromatic nitrogens is 2. The van der Waals surface area contributed by atoms with Crippen molar-refractivity contribution in [2.24, 2.45) is 7.05 Å². The van der Waals surface area contributed by atoms with E-state index in [0.717, 1.165) is 17.7 Å². The molecular formula is C13H20N2OS2. The molecule has 0 aromatic carbocycles. The second-order valence-corrected chi connectivity index (χ2v) is 7.85. The molecule has 1 saturated heterocycles. The molecular weight excluding hydrogens is 264 g/mol. The van der Waals surface area contributed by atoms with Crippen LogP contribution in [-0.2, 0) is 18.3 Å². The number of ketones is 1. The van der Waals surface area contributed by atoms with E-state index in [-0.39, 0.29) is 5.25 Å². The zero-order chi connectivity index (χ0) is 13.1. The molecule has 2 rings (SSSR count). The number of carbonyl (C=O) groups is 1. The van der Waals surface area contributed by atoms with E-state index in [1.807, 2.05) is 43.0 Å². The summed E-state index contributed by atoms with van der Waals surface area (Å²) >= 11 is 3.78. The molecule has 0 saturated carbocycles. The maximum absolute atomic E-state index is 12.2. The zero-order valence-corrected chi connectivity index (χ0v) is 12.8. The summed E-state index contributed by atoms with van der Waals surface area (Å²) in [4.78, 5) is 12.2. The third-order valence-corrected chi connectivity index (χ3v) is 6.77. The quantitative estimate of drug-likeness (QED) is 0.851. The molecule has 3 atom stereocenters. The third-order valence-electron chi connectivity index (χ3n) is 3.33. The van der Waals surface area contributed by atoms with E-state index in [4.69, 9.17) is 0 Å². The molecule has 0 radical (unpaired) electrons. The smallest absolute Gasteiger partial charge is 0.146 e. The van der Waals surface area contributed by atoms with Gasteiger partial charge in [-0.15, -0.1) is 11.8 Å². The first-order valence-corrected chi connectivity index (χ1v) is 8.32. The van der Waals surface area contributed by atoms with Gasteiger partial charge in [-0.1, -0.05) is 13.8 Å². The number of Topliss-reactive ketones (excluding diaryl/α,β-unsaturated/α-hetero) is 1. The Kier molecular flexibility index (Phi) is 4.78. The molecule has 0 amide bonds. The molecule has 0 aliphatic carbocycles. The number of aryl methyl sites for hydroxylation is 2. The van der Waals surface area contributed by atoms with Crippen molar-refractivity contribution >= 4 is 29.3 Å². The third kappa shape index (κ3) is 3.54. The van der Waals surface area contributed by atoms with Crippen molar-refractivity contribution in [3.8, 4) is 0 Å². The summed E-state index contributed by atoms with van der Waals surface area (Å²) in [5.74, 6) is 1.37. The lowest BCUT2D eigenvalue weighted by Crippen LogP contribution is -2.31. The van der Waals surface area contributed by atoms with Crippen molar-refractivity contribution in [1.82, 2.24) is 9.78 Å². The van der Waals surface area contributed by atoms with Crippen molar-refractivity contribution in [1.29, 1.82) is 0 Å². The molecule has 1 aromatic heterocycles. The van der Waals surface area contributed by atoms with Gasteiger partial charge in [-0.05, 0) is 12.0 Å². The Morgan fingerprint density at radius 3 is 2.89 bits per heavy atom. The molecule has 1 aromatic rings. The van der Waals surface area contributed by atoms with E-state index in [0.29, 0.717) is 22.7 Å². The molecule has 1 fully saturated rings. The lowest BCUT2D eigenvalue weighted by molar-refractivity contribution is -0.118. The van der Waals surface area contributed by atoms with Gasteiger partial charge in [0.05, 0.1) is 11.4 Å². The van der Waals surface area contributed by atoms with E-state index in [2.05, 4.69) is 18.9 Å². The minimum absolute atomic E-state index is 0.192. The highest BCUT2D eigenvalue weighted by Gasteiger charge is 2.29. The van der Waals surface area contributed by atoms with Gasteiger partial charge in [0.2, 0.25) is 0 Å². The van der Waals surface area contributed by atoms with Gasteiger partial charge in [-0.2, -0.15) is 16.9 Å². The highest BCUT2D eigenvalue weighted by molar-refractivity contribution is 8.08. The molecule has 5 heteroatoms. The number of hydrogen-bond donors (Lipinski definition) is 0. The normalized spacial score (nSPS) is 28.3. The number of rotatable bonds is 4. The van der Waals surface area contributed by atoms with Crippen LogP contribution in [0.4, 0.5) is 0 Å². The van der Waals surface area contributed by atoms with Gasteiger partial charge < -0.3 is 0 Å². The first-order chi connectivity index (χ1) is 8.56. The number of thioether (sulfide) groups is 2. The standard InChI is InChI=1S/C13H20N2OS2/c1-9-10(2)18-13(8-17-9)12(16)5-4-11-6-14-15(3)7-11/h6-7,9-10,13H,4-5,8H2,1-3H3. The summed E-state index contributed by atoms with van der Waals surface area (Å²) in [7, 11) is 1.90. The van der Waals surface area contributed by atoms with Crippen molar-refractivity contribution in [3.05, 3.63) is 18.0 Å². The van der Waals surface area contributed by atoms with Crippen molar-refractivity contribution < 1.29 is 4.79 Å². The zero-order valence-electron chi connectivity index (χ0n) is 11.1. The molecule has 3 nitrogen and oxygen atoms in total. The Hall–Kier alpha value is -0.420. The van der Waals surface area contributed by atoms with Crippen molar-refractivity contribution in [2.75, 3.05) is 5.75 Å². The Morgan fingerprint density at radius 2 is 2.28 bits per heavy atom. The lowest BCUT2D eigenvalue weighted by Gasteiger charge is -2.30. The first-order valence-electron chi connectivity index (χ1n) is 6.33. The number of hydrogen-bond acceptors (Lipinski definition) is 4. The Bertz CT molecular complexity index is 419. The first kappa shape index (κ1) is 14.0. The van der Waals surface area contributed by atoms with Crippen molar-refractivity contribution in [3.63, 3.8) is 0 Å². The highest BCUT2D eigenvalue weighted by Crippen LogP contribution is 2.36. The monoisotopic (exact) mass is 284 g/mol. The maximum atomic E-state index is 12.2. The highest BCUT2D eigenvalue weighted by atomic mass is 32.2. The molecule has 0 spiro atoms. The van der Waals surface area contributed by atoms with E-state index in [1.54, 1.807) is 4.68 Å². The summed E-state index contributed by atoms with van der Waals surface area (Å²) in [5.41, 5.74) is 1.15. The van der Waals surface area contributed by atoms with E-state index in [1.165, 1.54) is 0 Å². The molecule has 1 aliphatic rings. The summed E-state index contributed by atoms with van der Waals surface area (Å²) in [6.45, 7) is 4.47. The number of nitrogens with zero attached hydrogens (tertiary/aromatic N) is 2. The van der Waals surface area contributed by atoms with Crippen LogP contribution in [0, 0.1) is 0 Å². The fourth-order valence-electron chi connectivity index (χ4n) is 1.98. The Balaban J connectivity index is 1.81. The SMILES string of the molecule is CC1SCC(C(=O)CCc2cnn(C)c2)SC1C. The Morgan fingerprint density at radius 1 is 1.50 bits per heavy atom. The fourth-order valence-corrected chi connectivity index (χ4v) is 4.90. The Labute approximate surface area is 117 Å². The van der Waals surface area contributed by atoms with Crippen LogP contribution in [0.3, 0.4) is 0 Å². The minimum atomic E-state index is 0.192. The van der Waals surface area contributed by atoms with Crippen LogP contribution < -0.4 is 0 Å². The van der Waals surface area contributed by atoms with E-state index >= 15 is 0 Å². The maximum Gasteiger partial charge on any atom is 0.146 e. The molecule has 0 N–H and O–H groups in total. The molecule has 0 bridgehead atoms. The second kappa shape index (κ2) is 6.15. The van der Waals surface area contributed by atoms with Crippen molar-refractivity contribution in [2.45, 2.75) is 42.4 Å². The van der Waals surface area contributed by atoms with Gasteiger partial charge in [-0.25, -0.2) is 0 Å². The minimum Gasteiger partial charge on any atom is -0.298 e. The fraction of sp³-hybridized carbons (Fsp3) is 0.692. The van der Waals surface area contributed by atoms with Gasteiger partial charge >= 0.3 is 0 Å². The predicted octanol–water partition coefficient (Wildman–Crippen LogP) is 2.55. The largest absolute Gasteiger partial charge is 0.298 e. The summed E-state index contributed by atoms with van der Waals surface area (Å²) < 4.78 is 1.79. The van der Waals surface area contributed by atoms with Crippen LogP contribution in [0.1, 0.15) is 25.8 Å². The molecule has 18 heavy (non-hydrogen) atoms. The average molecular weight is 284 g/mol. The van der Waals surface area contributed by atoms with Crippen LogP contribution >= 0.6 is 23.5 Å². The van der Waals surface area contributed by atoms with Crippen LogP contribution in [0.5, 0.6) is 0 Å². The van der Waals surface area contributed by atoms with E-state index < -0.39 is 0 Å². The number of carbonyl (C=O) groups excluding carboxylic acids is 1. The summed E-state index contributed by atoms with van der Waals surface area (Å²) in [5, 5.41) is 5.56. The molecule has 3 unspecified atom stereocenters. The topological polar surface area (TPSA) is 34.9 Å². The van der Waals surface area contributed by atoms with E-state index in [9.17, 15) is 4.79 Å². The van der Waals surface area contributed by atoms with Gasteiger partial charge in [0.1, 0.15) is 5.78 Å². The van der Waals surface area contributed by atoms with Crippen LogP contribution in [-0.4, -0.2) is 37.1 Å². The van der Waals surface area contributed by atoms with Crippen LogP contribution in [0.25, 0.3) is 0 Å². The summed E-state index contributed by atoms with van der Waals surface area (Å²) in [6, 6.07) is 0. The van der Waals surface area contributed by atoms with Crippen LogP contribution in [0.15, 0.2) is 12.4 Å². The lowest BCUT2D eigenvalue weighted by atomic mass is 10.1. The molecule has 100 valence electrons. The summed E-state index contributed by atoms with van der Waals surface area (Å²) in [6.07, 6.45) is 5.30. The molecule has 1 aliphatic heterocycles.